The van der Waals surface area contributed by atoms with Crippen molar-refractivity contribution in [3.05, 3.63) is 0 Å². The van der Waals surface area contributed by atoms with Gasteiger partial charge in [0.05, 0.1) is 0 Å². The van der Waals surface area contributed by atoms with Crippen LogP contribution in [0.4, 0.5) is 0 Å². The first-order chi connectivity index (χ1) is 6.77. The standard InChI is InChI=1S/C13H26S/c1-3-12(13(14)4-2)10-11-8-6-5-7-9-11/h11-14H,3-10H2,1-2H3. The second-order valence-electron chi connectivity index (χ2n) is 4.88. The van der Waals surface area contributed by atoms with E-state index in [0.717, 1.165) is 11.8 Å². The maximum Gasteiger partial charge on any atom is 0.00424 e. The molecule has 0 saturated heterocycles. The SMILES string of the molecule is CCC(S)C(CC)CC1CCCCC1. The van der Waals surface area contributed by atoms with Crippen molar-refractivity contribution in [2.75, 3.05) is 0 Å². The minimum absolute atomic E-state index is 0.641. The zero-order chi connectivity index (χ0) is 10.4. The van der Waals surface area contributed by atoms with Crippen LogP contribution < -0.4 is 0 Å². The minimum Gasteiger partial charge on any atom is -0.176 e. The number of thiol groups is 1. The lowest BCUT2D eigenvalue weighted by atomic mass is 9.80. The molecule has 2 atom stereocenters. The van der Waals surface area contributed by atoms with E-state index in [4.69, 9.17) is 12.6 Å². The highest BCUT2D eigenvalue weighted by atomic mass is 32.1. The highest BCUT2D eigenvalue weighted by molar-refractivity contribution is 7.81. The van der Waals surface area contributed by atoms with Crippen molar-refractivity contribution < 1.29 is 0 Å². The molecule has 0 bridgehead atoms. The van der Waals surface area contributed by atoms with Crippen molar-refractivity contribution in [1.82, 2.24) is 0 Å². The van der Waals surface area contributed by atoms with Crippen LogP contribution in [0, 0.1) is 11.8 Å². The van der Waals surface area contributed by atoms with Crippen LogP contribution in [-0.4, -0.2) is 5.25 Å². The van der Waals surface area contributed by atoms with Crippen molar-refractivity contribution >= 4 is 12.6 Å². The summed E-state index contributed by atoms with van der Waals surface area (Å²) in [5, 5.41) is 0.641. The molecule has 0 heterocycles. The van der Waals surface area contributed by atoms with Gasteiger partial charge in [-0.3, -0.25) is 0 Å². The molecule has 1 heteroatoms. The second kappa shape index (κ2) is 6.76. The summed E-state index contributed by atoms with van der Waals surface area (Å²) in [5.74, 6) is 1.89. The molecule has 1 saturated carbocycles. The average molecular weight is 214 g/mol. The highest BCUT2D eigenvalue weighted by Gasteiger charge is 2.21. The van der Waals surface area contributed by atoms with Crippen LogP contribution in [0.1, 0.15) is 65.2 Å². The van der Waals surface area contributed by atoms with Crippen LogP contribution in [0.3, 0.4) is 0 Å². The van der Waals surface area contributed by atoms with Gasteiger partial charge in [-0.25, -0.2) is 0 Å². The van der Waals surface area contributed by atoms with Gasteiger partial charge < -0.3 is 0 Å². The molecule has 14 heavy (non-hydrogen) atoms. The lowest BCUT2D eigenvalue weighted by Gasteiger charge is -2.28. The molecule has 0 aromatic rings. The van der Waals surface area contributed by atoms with Crippen LogP contribution in [0.25, 0.3) is 0 Å². The summed E-state index contributed by atoms with van der Waals surface area (Å²) >= 11 is 4.70. The van der Waals surface area contributed by atoms with Gasteiger partial charge in [-0.2, -0.15) is 12.6 Å². The first-order valence-corrected chi connectivity index (χ1v) is 6.97. The van der Waals surface area contributed by atoms with Crippen LogP contribution in [0.15, 0.2) is 0 Å². The predicted octanol–water partition coefficient (Wildman–Crippen LogP) is 4.69. The third-order valence-corrected chi connectivity index (χ3v) is 4.63. The molecule has 0 N–H and O–H groups in total. The highest BCUT2D eigenvalue weighted by Crippen LogP contribution is 2.33. The van der Waals surface area contributed by atoms with E-state index in [1.165, 1.54) is 51.4 Å². The Morgan fingerprint density at radius 3 is 2.21 bits per heavy atom. The van der Waals surface area contributed by atoms with E-state index in [9.17, 15) is 0 Å². The fraction of sp³-hybridized carbons (Fsp3) is 1.00. The number of hydrogen-bond acceptors (Lipinski definition) is 1. The fourth-order valence-electron chi connectivity index (χ4n) is 2.78. The lowest BCUT2D eigenvalue weighted by molar-refractivity contribution is 0.278. The zero-order valence-electron chi connectivity index (χ0n) is 9.84. The fourth-order valence-corrected chi connectivity index (χ4v) is 3.11. The summed E-state index contributed by atoms with van der Waals surface area (Å²) in [5.41, 5.74) is 0. The van der Waals surface area contributed by atoms with Crippen LogP contribution >= 0.6 is 12.6 Å². The van der Waals surface area contributed by atoms with Crippen LogP contribution in [-0.2, 0) is 0 Å². The Morgan fingerprint density at radius 1 is 1.07 bits per heavy atom. The summed E-state index contributed by atoms with van der Waals surface area (Å²) in [6, 6.07) is 0. The third kappa shape index (κ3) is 3.84. The summed E-state index contributed by atoms with van der Waals surface area (Å²) in [6.45, 7) is 4.59. The molecule has 1 rings (SSSR count). The Labute approximate surface area is 95.3 Å². The summed E-state index contributed by atoms with van der Waals surface area (Å²) in [4.78, 5) is 0. The normalized spacial score (nSPS) is 23.4. The van der Waals surface area contributed by atoms with Crippen molar-refractivity contribution in [2.45, 2.75) is 70.5 Å². The van der Waals surface area contributed by atoms with Gasteiger partial charge in [0.2, 0.25) is 0 Å². The van der Waals surface area contributed by atoms with E-state index in [-0.39, 0.29) is 0 Å². The molecule has 0 aromatic heterocycles. The predicted molar refractivity (Wildman–Crippen MR) is 68.0 cm³/mol. The molecular weight excluding hydrogens is 188 g/mol. The second-order valence-corrected chi connectivity index (χ2v) is 5.55. The van der Waals surface area contributed by atoms with E-state index < -0.39 is 0 Å². The molecule has 1 fully saturated rings. The van der Waals surface area contributed by atoms with Crippen LogP contribution in [0.2, 0.25) is 0 Å². The van der Waals surface area contributed by atoms with Gasteiger partial charge in [-0.1, -0.05) is 52.4 Å². The topological polar surface area (TPSA) is 0 Å². The van der Waals surface area contributed by atoms with Gasteiger partial charge in [0.1, 0.15) is 0 Å². The molecule has 0 nitrogen and oxygen atoms in total. The Morgan fingerprint density at radius 2 is 1.71 bits per heavy atom. The molecule has 0 spiro atoms. The molecule has 2 unspecified atom stereocenters. The molecule has 1 aliphatic carbocycles. The maximum absolute atomic E-state index is 4.70. The maximum atomic E-state index is 4.70. The van der Waals surface area contributed by atoms with E-state index in [0.29, 0.717) is 5.25 Å². The molecule has 84 valence electrons. The van der Waals surface area contributed by atoms with Crippen molar-refractivity contribution in [1.29, 1.82) is 0 Å². The zero-order valence-corrected chi connectivity index (χ0v) is 10.7. The largest absolute Gasteiger partial charge is 0.176 e. The van der Waals surface area contributed by atoms with Gasteiger partial charge in [-0.15, -0.1) is 0 Å². The molecule has 1 aliphatic rings. The molecule has 0 radical (unpaired) electrons. The van der Waals surface area contributed by atoms with E-state index in [2.05, 4.69) is 13.8 Å². The van der Waals surface area contributed by atoms with Crippen molar-refractivity contribution in [2.24, 2.45) is 11.8 Å². The molecule has 0 amide bonds. The average Bonchev–Trinajstić information content (AvgIpc) is 2.26. The van der Waals surface area contributed by atoms with Crippen LogP contribution in [0.5, 0.6) is 0 Å². The van der Waals surface area contributed by atoms with E-state index in [1.54, 1.807) is 0 Å². The van der Waals surface area contributed by atoms with Crippen molar-refractivity contribution in [3.63, 3.8) is 0 Å². The van der Waals surface area contributed by atoms with Gasteiger partial charge in [0.15, 0.2) is 0 Å². The minimum atomic E-state index is 0.641. The smallest absolute Gasteiger partial charge is 0.00424 e. The third-order valence-electron chi connectivity index (χ3n) is 3.85. The molecule has 0 aliphatic heterocycles. The molecule has 0 aromatic carbocycles. The van der Waals surface area contributed by atoms with Gasteiger partial charge >= 0.3 is 0 Å². The van der Waals surface area contributed by atoms with Crippen molar-refractivity contribution in [3.8, 4) is 0 Å². The Kier molecular flexibility index (Phi) is 6.00. The van der Waals surface area contributed by atoms with Gasteiger partial charge in [0, 0.05) is 5.25 Å². The lowest BCUT2D eigenvalue weighted by Crippen LogP contribution is -2.19. The Hall–Kier alpha value is 0.350. The molecular formula is C13H26S. The summed E-state index contributed by atoms with van der Waals surface area (Å²) in [7, 11) is 0. The van der Waals surface area contributed by atoms with Gasteiger partial charge in [0.25, 0.3) is 0 Å². The monoisotopic (exact) mass is 214 g/mol. The Balaban J connectivity index is 2.30. The van der Waals surface area contributed by atoms with E-state index >= 15 is 0 Å². The summed E-state index contributed by atoms with van der Waals surface area (Å²) in [6.07, 6.45) is 11.4. The van der Waals surface area contributed by atoms with E-state index in [1.807, 2.05) is 0 Å². The number of hydrogen-bond donors (Lipinski definition) is 1. The number of rotatable bonds is 5. The summed E-state index contributed by atoms with van der Waals surface area (Å²) < 4.78 is 0. The van der Waals surface area contributed by atoms with Gasteiger partial charge in [-0.05, 0) is 24.7 Å². The first kappa shape index (κ1) is 12.4. The first-order valence-electron chi connectivity index (χ1n) is 6.46. The quantitative estimate of drug-likeness (QED) is 0.631. The Bertz CT molecular complexity index is 138.